The average Bonchev–Trinajstić information content (AvgIpc) is 2.43. The Bertz CT molecular complexity index is 566. The lowest BCUT2D eigenvalue weighted by Gasteiger charge is -2.18. The van der Waals surface area contributed by atoms with Crippen LogP contribution in [0.3, 0.4) is 0 Å². The van der Waals surface area contributed by atoms with Crippen molar-refractivity contribution >= 4 is 18.0 Å². The molecule has 0 aromatic heterocycles. The molecule has 20 heavy (non-hydrogen) atoms. The molecule has 1 rings (SSSR count). The van der Waals surface area contributed by atoms with E-state index in [-0.39, 0.29) is 12.5 Å². The molecule has 0 heterocycles. The van der Waals surface area contributed by atoms with E-state index in [1.807, 2.05) is 6.07 Å². The Morgan fingerprint density at radius 3 is 2.45 bits per heavy atom. The maximum Gasteiger partial charge on any atom is 0.310 e. The zero-order valence-electron chi connectivity index (χ0n) is 11.4. The third-order valence-electron chi connectivity index (χ3n) is 2.75. The quantitative estimate of drug-likeness (QED) is 0.800. The molecular weight excluding hydrogens is 256 g/mol. The van der Waals surface area contributed by atoms with Crippen LogP contribution in [-0.4, -0.2) is 23.5 Å². The first-order chi connectivity index (χ1) is 9.35. The number of nitriles is 1. The lowest BCUT2D eigenvalue weighted by molar-refractivity contribution is -0.146. The number of nitrogens with one attached hydrogen (secondary N) is 1. The minimum atomic E-state index is -1.00. The monoisotopic (exact) mass is 272 g/mol. The van der Waals surface area contributed by atoms with Crippen LogP contribution in [-0.2, 0) is 9.59 Å². The molecule has 0 spiro atoms. The third-order valence-corrected chi connectivity index (χ3v) is 2.75. The van der Waals surface area contributed by atoms with Crippen molar-refractivity contribution in [2.24, 2.45) is 5.41 Å². The van der Waals surface area contributed by atoms with Crippen LogP contribution in [0.5, 0.6) is 0 Å². The maximum absolute atomic E-state index is 11.6. The number of carbonyl (C=O) groups is 2. The Hall–Kier alpha value is -2.61. The van der Waals surface area contributed by atoms with Gasteiger partial charge in [-0.05, 0) is 37.6 Å². The van der Waals surface area contributed by atoms with Crippen molar-refractivity contribution in [2.75, 3.05) is 6.54 Å². The number of hydrogen-bond donors (Lipinski definition) is 2. The fourth-order valence-electron chi connectivity index (χ4n) is 1.28. The van der Waals surface area contributed by atoms with Crippen molar-refractivity contribution in [3.05, 3.63) is 41.5 Å². The van der Waals surface area contributed by atoms with E-state index in [9.17, 15) is 9.59 Å². The number of benzene rings is 1. The van der Waals surface area contributed by atoms with E-state index in [2.05, 4.69) is 5.32 Å². The summed E-state index contributed by atoms with van der Waals surface area (Å²) in [7, 11) is 0. The Balaban J connectivity index is 2.56. The SMILES string of the molecule is CC(C)(CNC(=O)/C=C/c1ccc(C#N)cc1)C(=O)O. The van der Waals surface area contributed by atoms with Gasteiger partial charge in [-0.3, -0.25) is 9.59 Å². The lowest BCUT2D eigenvalue weighted by atomic mass is 9.94. The summed E-state index contributed by atoms with van der Waals surface area (Å²) in [6.45, 7) is 3.14. The molecule has 1 aromatic rings. The Labute approximate surface area is 117 Å². The van der Waals surface area contributed by atoms with E-state index in [4.69, 9.17) is 10.4 Å². The normalized spacial score (nSPS) is 11.1. The molecule has 0 unspecified atom stereocenters. The zero-order chi connectivity index (χ0) is 15.2. The number of amides is 1. The van der Waals surface area contributed by atoms with E-state index in [1.165, 1.54) is 6.08 Å². The number of rotatable bonds is 5. The van der Waals surface area contributed by atoms with E-state index in [0.717, 1.165) is 5.56 Å². The lowest BCUT2D eigenvalue weighted by Crippen LogP contribution is -2.38. The number of hydrogen-bond acceptors (Lipinski definition) is 3. The van der Waals surface area contributed by atoms with Crippen LogP contribution in [0.2, 0.25) is 0 Å². The summed E-state index contributed by atoms with van der Waals surface area (Å²) in [6, 6.07) is 8.77. The van der Waals surface area contributed by atoms with Gasteiger partial charge >= 0.3 is 5.97 Å². The molecule has 2 N–H and O–H groups in total. The first kappa shape index (κ1) is 15.4. The second kappa shape index (κ2) is 6.53. The molecule has 0 aliphatic heterocycles. The van der Waals surface area contributed by atoms with Crippen LogP contribution in [0, 0.1) is 16.7 Å². The van der Waals surface area contributed by atoms with Crippen LogP contribution in [0.4, 0.5) is 0 Å². The van der Waals surface area contributed by atoms with Crippen molar-refractivity contribution in [3.63, 3.8) is 0 Å². The van der Waals surface area contributed by atoms with Crippen molar-refractivity contribution in [1.82, 2.24) is 5.32 Å². The van der Waals surface area contributed by atoms with Gasteiger partial charge in [0, 0.05) is 12.6 Å². The van der Waals surface area contributed by atoms with Crippen molar-refractivity contribution in [1.29, 1.82) is 5.26 Å². The molecule has 0 radical (unpaired) electrons. The van der Waals surface area contributed by atoms with Gasteiger partial charge in [-0.1, -0.05) is 12.1 Å². The summed E-state index contributed by atoms with van der Waals surface area (Å²) in [4.78, 5) is 22.4. The summed E-state index contributed by atoms with van der Waals surface area (Å²) >= 11 is 0. The molecule has 5 heteroatoms. The highest BCUT2D eigenvalue weighted by molar-refractivity contribution is 5.92. The first-order valence-electron chi connectivity index (χ1n) is 6.04. The predicted octanol–water partition coefficient (Wildman–Crippen LogP) is 1.80. The minimum Gasteiger partial charge on any atom is -0.481 e. The van der Waals surface area contributed by atoms with E-state index < -0.39 is 11.4 Å². The topological polar surface area (TPSA) is 90.2 Å². The minimum absolute atomic E-state index is 0.0544. The van der Waals surface area contributed by atoms with Crippen molar-refractivity contribution in [3.8, 4) is 6.07 Å². The molecule has 0 aliphatic rings. The fourth-order valence-corrected chi connectivity index (χ4v) is 1.28. The van der Waals surface area contributed by atoms with Crippen molar-refractivity contribution < 1.29 is 14.7 Å². The number of carboxylic acid groups (broad SMARTS) is 1. The number of carbonyl (C=O) groups excluding carboxylic acids is 1. The largest absolute Gasteiger partial charge is 0.481 e. The molecule has 0 aliphatic carbocycles. The van der Waals surface area contributed by atoms with Gasteiger partial charge in [-0.2, -0.15) is 5.26 Å². The van der Waals surface area contributed by atoms with Crippen LogP contribution in [0.15, 0.2) is 30.3 Å². The number of carboxylic acids is 1. The van der Waals surface area contributed by atoms with Gasteiger partial charge in [-0.25, -0.2) is 0 Å². The van der Waals surface area contributed by atoms with Gasteiger partial charge in [0.1, 0.15) is 0 Å². The summed E-state index contributed by atoms with van der Waals surface area (Å²) < 4.78 is 0. The summed E-state index contributed by atoms with van der Waals surface area (Å²) in [6.07, 6.45) is 2.93. The van der Waals surface area contributed by atoms with Gasteiger partial charge < -0.3 is 10.4 Å². The molecule has 0 saturated heterocycles. The van der Waals surface area contributed by atoms with Gasteiger partial charge in [0.05, 0.1) is 17.0 Å². The molecule has 1 aromatic carbocycles. The fraction of sp³-hybridized carbons (Fsp3) is 0.267. The van der Waals surface area contributed by atoms with Gasteiger partial charge in [0.15, 0.2) is 0 Å². The highest BCUT2D eigenvalue weighted by Gasteiger charge is 2.27. The van der Waals surface area contributed by atoms with Gasteiger partial charge in [0.2, 0.25) is 5.91 Å². The van der Waals surface area contributed by atoms with Crippen molar-refractivity contribution in [2.45, 2.75) is 13.8 Å². The molecule has 0 atom stereocenters. The van der Waals surface area contributed by atoms with Gasteiger partial charge in [0.25, 0.3) is 0 Å². The predicted molar refractivity (Wildman–Crippen MR) is 74.6 cm³/mol. The molecule has 0 saturated carbocycles. The zero-order valence-corrected chi connectivity index (χ0v) is 11.4. The number of nitrogens with zero attached hydrogens (tertiary/aromatic N) is 1. The Morgan fingerprint density at radius 2 is 1.95 bits per heavy atom. The highest BCUT2D eigenvalue weighted by atomic mass is 16.4. The molecular formula is C15H16N2O3. The third kappa shape index (κ3) is 4.58. The molecule has 104 valence electrons. The van der Waals surface area contributed by atoms with Crippen LogP contribution in [0.1, 0.15) is 25.0 Å². The molecule has 0 bridgehead atoms. The second-order valence-corrected chi connectivity index (χ2v) is 4.97. The summed E-state index contributed by atoms with van der Waals surface area (Å²) in [5, 5.41) is 20.1. The smallest absolute Gasteiger partial charge is 0.310 e. The highest BCUT2D eigenvalue weighted by Crippen LogP contribution is 2.13. The second-order valence-electron chi connectivity index (χ2n) is 4.97. The van der Waals surface area contributed by atoms with E-state index in [0.29, 0.717) is 5.56 Å². The van der Waals surface area contributed by atoms with Crippen LogP contribution in [0.25, 0.3) is 6.08 Å². The Morgan fingerprint density at radius 1 is 1.35 bits per heavy atom. The average molecular weight is 272 g/mol. The molecule has 5 nitrogen and oxygen atoms in total. The number of aliphatic carboxylic acids is 1. The summed E-state index contributed by atoms with van der Waals surface area (Å²) in [5.41, 5.74) is 0.337. The Kier molecular flexibility index (Phi) is 5.04. The molecule has 0 fully saturated rings. The first-order valence-corrected chi connectivity index (χ1v) is 6.04. The van der Waals surface area contributed by atoms with Crippen LogP contribution < -0.4 is 5.32 Å². The standard InChI is InChI=1S/C15H16N2O3/c1-15(2,14(19)20)10-17-13(18)8-7-11-3-5-12(9-16)6-4-11/h3-8H,10H2,1-2H3,(H,17,18)(H,19,20)/b8-7+. The maximum atomic E-state index is 11.6. The van der Waals surface area contributed by atoms with Crippen LogP contribution >= 0.6 is 0 Å². The van der Waals surface area contributed by atoms with Gasteiger partial charge in [-0.15, -0.1) is 0 Å². The van der Waals surface area contributed by atoms with E-state index in [1.54, 1.807) is 44.2 Å². The summed E-state index contributed by atoms with van der Waals surface area (Å²) in [5.74, 6) is -1.32. The molecule has 1 amide bonds. The van der Waals surface area contributed by atoms with E-state index >= 15 is 0 Å².